The highest BCUT2D eigenvalue weighted by Crippen LogP contribution is 2.39. The van der Waals surface area contributed by atoms with E-state index in [2.05, 4.69) is 42.7 Å². The minimum absolute atomic E-state index is 0.140. The first-order valence-corrected chi connectivity index (χ1v) is 13.6. The van der Waals surface area contributed by atoms with Crippen molar-refractivity contribution in [2.75, 3.05) is 48.8 Å². The molecular weight excluding hydrogens is 498 g/mol. The highest BCUT2D eigenvalue weighted by atomic mass is 32.2. The minimum atomic E-state index is -0.140. The lowest BCUT2D eigenvalue weighted by Gasteiger charge is -2.32. The molecular formula is C27H29N9OS. The lowest BCUT2D eigenvalue weighted by atomic mass is 10.2. The van der Waals surface area contributed by atoms with Crippen LogP contribution in [0.5, 0.6) is 0 Å². The first-order valence-electron chi connectivity index (χ1n) is 12.8. The molecule has 1 saturated heterocycles. The number of benzene rings is 2. The van der Waals surface area contributed by atoms with Gasteiger partial charge in [-0.1, -0.05) is 18.2 Å². The van der Waals surface area contributed by atoms with E-state index < -0.39 is 0 Å². The smallest absolute Gasteiger partial charge is 0.255 e. The highest BCUT2D eigenvalue weighted by molar-refractivity contribution is 7.99. The van der Waals surface area contributed by atoms with Gasteiger partial charge in [-0.15, -0.1) is 0 Å². The van der Waals surface area contributed by atoms with E-state index in [1.165, 1.54) is 24.6 Å². The summed E-state index contributed by atoms with van der Waals surface area (Å²) in [6.07, 6.45) is 2.41. The zero-order valence-corrected chi connectivity index (χ0v) is 21.9. The van der Waals surface area contributed by atoms with Crippen molar-refractivity contribution in [3.05, 3.63) is 71.9 Å². The van der Waals surface area contributed by atoms with Crippen molar-refractivity contribution in [2.45, 2.75) is 28.8 Å². The fraction of sp³-hybridized carbons (Fsp3) is 0.296. The maximum Gasteiger partial charge on any atom is 0.255 e. The molecule has 3 N–H and O–H groups in total. The third-order valence-electron chi connectivity index (χ3n) is 6.60. The van der Waals surface area contributed by atoms with Crippen LogP contribution in [0.4, 0.5) is 23.4 Å². The normalized spacial score (nSPS) is 15.9. The third kappa shape index (κ3) is 5.95. The van der Waals surface area contributed by atoms with Crippen molar-refractivity contribution in [1.29, 1.82) is 0 Å². The number of anilines is 4. The first-order chi connectivity index (χ1) is 18.6. The number of hydrogen-bond donors (Lipinski definition) is 3. The number of amides is 1. The molecule has 194 valence electrons. The number of aromatic nitrogens is 5. The Kier molecular flexibility index (Phi) is 6.93. The SMILES string of the molecule is CN1CCN(c2nc(Nc3cc(C4CC4)[nH]n3)nc(Sc3ccc(NC(=O)c4ccccc4)cc3)n2)CC1. The van der Waals surface area contributed by atoms with Crippen molar-refractivity contribution in [3.8, 4) is 0 Å². The number of aromatic amines is 1. The summed E-state index contributed by atoms with van der Waals surface area (Å²) >= 11 is 1.45. The second kappa shape index (κ2) is 10.8. The first kappa shape index (κ1) is 24.4. The summed E-state index contributed by atoms with van der Waals surface area (Å²) in [4.78, 5) is 32.1. The van der Waals surface area contributed by atoms with Gasteiger partial charge in [0, 0.05) is 60.0 Å². The Labute approximate surface area is 225 Å². The molecule has 1 aliphatic heterocycles. The Balaban J connectivity index is 1.19. The van der Waals surface area contributed by atoms with E-state index in [4.69, 9.17) is 9.97 Å². The van der Waals surface area contributed by atoms with Crippen LogP contribution in [0, 0.1) is 0 Å². The second-order valence-electron chi connectivity index (χ2n) is 9.59. The zero-order valence-electron chi connectivity index (χ0n) is 21.1. The molecule has 0 atom stereocenters. The Morgan fingerprint density at radius 3 is 2.47 bits per heavy atom. The Bertz CT molecular complexity index is 1400. The van der Waals surface area contributed by atoms with E-state index in [0.29, 0.717) is 34.4 Å². The number of nitrogens with one attached hydrogen (secondary N) is 3. The predicted octanol–water partition coefficient (Wildman–Crippen LogP) is 4.37. The third-order valence-corrected chi connectivity index (χ3v) is 7.47. The summed E-state index contributed by atoms with van der Waals surface area (Å²) in [6, 6.07) is 18.9. The Morgan fingerprint density at radius 2 is 1.74 bits per heavy atom. The number of rotatable bonds is 8. The van der Waals surface area contributed by atoms with Crippen LogP contribution in [0.2, 0.25) is 0 Å². The van der Waals surface area contributed by atoms with E-state index in [1.807, 2.05) is 48.5 Å². The van der Waals surface area contributed by atoms with Crippen LogP contribution in [-0.4, -0.2) is 69.2 Å². The molecule has 0 radical (unpaired) electrons. The molecule has 0 bridgehead atoms. The van der Waals surface area contributed by atoms with Crippen LogP contribution in [0.3, 0.4) is 0 Å². The van der Waals surface area contributed by atoms with Gasteiger partial charge in [-0.25, -0.2) is 0 Å². The minimum Gasteiger partial charge on any atom is -0.338 e. The number of H-pyrrole nitrogens is 1. The molecule has 2 aliphatic rings. The summed E-state index contributed by atoms with van der Waals surface area (Å²) in [5.74, 6) is 2.28. The van der Waals surface area contributed by atoms with Crippen molar-refractivity contribution in [2.24, 2.45) is 0 Å². The van der Waals surface area contributed by atoms with Crippen LogP contribution in [-0.2, 0) is 0 Å². The summed E-state index contributed by atoms with van der Waals surface area (Å²) < 4.78 is 0. The lowest BCUT2D eigenvalue weighted by Crippen LogP contribution is -2.45. The Hall–Kier alpha value is -3.96. The molecule has 2 fully saturated rings. The molecule has 0 unspecified atom stereocenters. The van der Waals surface area contributed by atoms with Crippen LogP contribution in [0.25, 0.3) is 0 Å². The number of likely N-dealkylation sites (N-methyl/N-ethyl adjacent to an activating group) is 1. The lowest BCUT2D eigenvalue weighted by molar-refractivity contribution is 0.102. The largest absolute Gasteiger partial charge is 0.338 e. The number of piperazine rings is 1. The molecule has 10 nitrogen and oxygen atoms in total. The van der Waals surface area contributed by atoms with Crippen LogP contribution < -0.4 is 15.5 Å². The van der Waals surface area contributed by atoms with Gasteiger partial charge in [0.25, 0.3) is 5.91 Å². The summed E-state index contributed by atoms with van der Waals surface area (Å²) in [5.41, 5.74) is 2.49. The summed E-state index contributed by atoms with van der Waals surface area (Å²) in [5, 5.41) is 14.3. The highest BCUT2D eigenvalue weighted by Gasteiger charge is 2.26. The maximum atomic E-state index is 12.5. The molecule has 0 spiro atoms. The van der Waals surface area contributed by atoms with E-state index in [0.717, 1.165) is 42.5 Å². The molecule has 2 aromatic heterocycles. The van der Waals surface area contributed by atoms with Gasteiger partial charge in [0.2, 0.25) is 11.9 Å². The van der Waals surface area contributed by atoms with Crippen LogP contribution >= 0.6 is 11.8 Å². The standard InChI is InChI=1S/C27H29N9OS/c1-35-13-15-36(16-14-35)26-30-25(29-23-17-22(33-34-23)18-7-8-18)31-27(32-26)38-21-11-9-20(10-12-21)28-24(37)19-5-3-2-4-6-19/h2-6,9-12,17-18H,7-8,13-16H2,1H3,(H,28,37)(H2,29,30,31,32,33,34). The maximum absolute atomic E-state index is 12.5. The van der Waals surface area contributed by atoms with Gasteiger partial charge in [0.05, 0.1) is 0 Å². The van der Waals surface area contributed by atoms with E-state index in [1.54, 1.807) is 12.1 Å². The zero-order chi connectivity index (χ0) is 25.9. The number of hydrogen-bond acceptors (Lipinski definition) is 9. The van der Waals surface area contributed by atoms with Crippen LogP contribution in [0.15, 0.2) is 70.7 Å². The quantitative estimate of drug-likeness (QED) is 0.307. The van der Waals surface area contributed by atoms with Gasteiger partial charge in [-0.2, -0.15) is 20.1 Å². The number of carbonyl (C=O) groups is 1. The topological polar surface area (TPSA) is 115 Å². The summed E-state index contributed by atoms with van der Waals surface area (Å²) in [7, 11) is 2.12. The molecule has 2 aromatic carbocycles. The molecule has 38 heavy (non-hydrogen) atoms. The van der Waals surface area contributed by atoms with Crippen molar-refractivity contribution < 1.29 is 4.79 Å². The molecule has 1 amide bonds. The van der Waals surface area contributed by atoms with Crippen molar-refractivity contribution in [1.82, 2.24) is 30.0 Å². The van der Waals surface area contributed by atoms with Gasteiger partial charge < -0.3 is 20.4 Å². The van der Waals surface area contributed by atoms with E-state index in [9.17, 15) is 4.79 Å². The second-order valence-corrected chi connectivity index (χ2v) is 10.6. The molecule has 1 saturated carbocycles. The molecule has 3 heterocycles. The molecule has 4 aromatic rings. The number of carbonyl (C=O) groups excluding carboxylic acids is 1. The van der Waals surface area contributed by atoms with Gasteiger partial charge in [-0.05, 0) is 68.0 Å². The van der Waals surface area contributed by atoms with E-state index >= 15 is 0 Å². The fourth-order valence-corrected chi connectivity index (χ4v) is 4.96. The summed E-state index contributed by atoms with van der Waals surface area (Å²) in [6.45, 7) is 3.62. The average Bonchev–Trinajstić information content (AvgIpc) is 3.69. The average molecular weight is 528 g/mol. The van der Waals surface area contributed by atoms with Crippen molar-refractivity contribution >= 4 is 41.1 Å². The van der Waals surface area contributed by atoms with Gasteiger partial charge in [-0.3, -0.25) is 9.89 Å². The van der Waals surface area contributed by atoms with Gasteiger partial charge in [0.15, 0.2) is 11.0 Å². The fourth-order valence-electron chi connectivity index (χ4n) is 4.22. The molecule has 6 rings (SSSR count). The van der Waals surface area contributed by atoms with E-state index in [-0.39, 0.29) is 5.91 Å². The van der Waals surface area contributed by atoms with Gasteiger partial charge >= 0.3 is 0 Å². The van der Waals surface area contributed by atoms with Gasteiger partial charge in [0.1, 0.15) is 0 Å². The monoisotopic (exact) mass is 527 g/mol. The van der Waals surface area contributed by atoms with Crippen molar-refractivity contribution in [3.63, 3.8) is 0 Å². The molecule has 11 heteroatoms. The number of nitrogens with zero attached hydrogens (tertiary/aromatic N) is 6. The molecule has 1 aliphatic carbocycles. The van der Waals surface area contributed by atoms with Crippen LogP contribution in [0.1, 0.15) is 34.8 Å². The Morgan fingerprint density at radius 1 is 0.974 bits per heavy atom. The predicted molar refractivity (Wildman–Crippen MR) is 148 cm³/mol.